The first-order valence-corrected chi connectivity index (χ1v) is 9.75. The summed E-state index contributed by atoms with van der Waals surface area (Å²) >= 11 is 0. The number of nitrogens with zero attached hydrogens (tertiary/aromatic N) is 3. The average Bonchev–Trinajstić information content (AvgIpc) is 3.23. The molecule has 1 amide bonds. The molecule has 2 heterocycles. The highest BCUT2D eigenvalue weighted by molar-refractivity contribution is 6.07. The van der Waals surface area contributed by atoms with Gasteiger partial charge in [0, 0.05) is 25.2 Å². The van der Waals surface area contributed by atoms with Crippen molar-refractivity contribution in [3.05, 3.63) is 64.1 Å². The maximum absolute atomic E-state index is 12.9. The molecule has 4 rings (SSSR count). The van der Waals surface area contributed by atoms with Crippen molar-refractivity contribution in [1.82, 2.24) is 9.55 Å². The van der Waals surface area contributed by atoms with E-state index in [2.05, 4.69) is 15.2 Å². The molecule has 1 saturated heterocycles. The molecule has 0 spiro atoms. The molecule has 144 valence electrons. The molecule has 0 unspecified atom stereocenters. The number of carbonyl (C=O) groups is 1. The van der Waals surface area contributed by atoms with E-state index in [0.29, 0.717) is 23.3 Å². The summed E-state index contributed by atoms with van der Waals surface area (Å²) in [7, 11) is 0. The molecule has 6 nitrogen and oxygen atoms in total. The highest BCUT2D eigenvalue weighted by Gasteiger charge is 2.17. The molecule has 2 aromatic carbocycles. The lowest BCUT2D eigenvalue weighted by molar-refractivity contribution is 0.102. The monoisotopic (exact) mass is 376 g/mol. The van der Waals surface area contributed by atoms with Crippen molar-refractivity contribution < 1.29 is 4.79 Å². The smallest absolute Gasteiger partial charge is 0.272 e. The van der Waals surface area contributed by atoms with E-state index in [9.17, 15) is 9.59 Å². The van der Waals surface area contributed by atoms with Crippen LogP contribution in [0.3, 0.4) is 0 Å². The molecule has 3 aromatic rings. The Kier molecular flexibility index (Phi) is 4.86. The van der Waals surface area contributed by atoms with E-state index in [1.54, 1.807) is 29.7 Å². The third-order valence-electron chi connectivity index (χ3n) is 5.29. The van der Waals surface area contributed by atoms with Gasteiger partial charge in [0.05, 0.1) is 22.4 Å². The Bertz CT molecular complexity index is 1100. The SMILES string of the molecule is CCn1c(=O)c(C)nc2cc(C(=O)Nc3ccccc3N3CCCC3)ccc21. The quantitative estimate of drug-likeness (QED) is 0.756. The lowest BCUT2D eigenvalue weighted by atomic mass is 10.1. The van der Waals surface area contributed by atoms with Crippen molar-refractivity contribution in [2.24, 2.45) is 0 Å². The predicted molar refractivity (Wildman–Crippen MR) is 112 cm³/mol. The van der Waals surface area contributed by atoms with Gasteiger partial charge in [-0.3, -0.25) is 9.59 Å². The van der Waals surface area contributed by atoms with Gasteiger partial charge in [0.25, 0.3) is 11.5 Å². The van der Waals surface area contributed by atoms with Crippen molar-refractivity contribution in [3.8, 4) is 0 Å². The van der Waals surface area contributed by atoms with Crippen LogP contribution in [-0.2, 0) is 6.54 Å². The number of hydrogen-bond donors (Lipinski definition) is 1. The van der Waals surface area contributed by atoms with Crippen LogP contribution < -0.4 is 15.8 Å². The van der Waals surface area contributed by atoms with Crippen LogP contribution in [0.25, 0.3) is 11.0 Å². The summed E-state index contributed by atoms with van der Waals surface area (Å²) in [5.41, 5.74) is 4.14. The number of hydrogen-bond acceptors (Lipinski definition) is 4. The Hall–Kier alpha value is -3.15. The van der Waals surface area contributed by atoms with Gasteiger partial charge in [-0.25, -0.2) is 4.98 Å². The van der Waals surface area contributed by atoms with Crippen LogP contribution in [0.1, 0.15) is 35.8 Å². The normalized spacial score (nSPS) is 13.9. The number of para-hydroxylation sites is 2. The topological polar surface area (TPSA) is 67.2 Å². The number of aromatic nitrogens is 2. The molecule has 1 aromatic heterocycles. The maximum Gasteiger partial charge on any atom is 0.272 e. The van der Waals surface area contributed by atoms with Gasteiger partial charge in [0.1, 0.15) is 5.69 Å². The number of amides is 1. The molecule has 1 aliphatic rings. The van der Waals surface area contributed by atoms with Crippen LogP contribution in [0.4, 0.5) is 11.4 Å². The molecule has 0 saturated carbocycles. The maximum atomic E-state index is 12.9. The van der Waals surface area contributed by atoms with Crippen molar-refractivity contribution in [2.75, 3.05) is 23.3 Å². The molecular formula is C22H24N4O2. The second-order valence-corrected chi connectivity index (χ2v) is 7.12. The molecule has 1 fully saturated rings. The first-order valence-electron chi connectivity index (χ1n) is 9.75. The van der Waals surface area contributed by atoms with E-state index in [4.69, 9.17) is 0 Å². The van der Waals surface area contributed by atoms with Gasteiger partial charge in [0.15, 0.2) is 0 Å². The van der Waals surface area contributed by atoms with Gasteiger partial charge < -0.3 is 14.8 Å². The second kappa shape index (κ2) is 7.46. The fraction of sp³-hybridized carbons (Fsp3) is 0.318. The summed E-state index contributed by atoms with van der Waals surface area (Å²) < 4.78 is 1.68. The Morgan fingerprint density at radius 3 is 2.64 bits per heavy atom. The summed E-state index contributed by atoms with van der Waals surface area (Å²) in [4.78, 5) is 31.9. The minimum absolute atomic E-state index is 0.0910. The molecule has 6 heteroatoms. The van der Waals surface area contributed by atoms with Crippen LogP contribution in [0.5, 0.6) is 0 Å². The molecule has 0 aliphatic carbocycles. The zero-order valence-corrected chi connectivity index (χ0v) is 16.2. The Morgan fingerprint density at radius 2 is 1.89 bits per heavy atom. The van der Waals surface area contributed by atoms with Crippen molar-refractivity contribution in [3.63, 3.8) is 0 Å². The van der Waals surface area contributed by atoms with Crippen LogP contribution >= 0.6 is 0 Å². The molecule has 0 atom stereocenters. The Labute approximate surface area is 163 Å². The molecule has 0 radical (unpaired) electrons. The molecule has 28 heavy (non-hydrogen) atoms. The summed E-state index contributed by atoms with van der Waals surface area (Å²) in [6, 6.07) is 13.2. The predicted octanol–water partition coefficient (Wildman–Crippen LogP) is 3.58. The highest BCUT2D eigenvalue weighted by atomic mass is 16.1. The van der Waals surface area contributed by atoms with E-state index in [1.165, 1.54) is 12.8 Å². The van der Waals surface area contributed by atoms with Crippen molar-refractivity contribution >= 4 is 28.3 Å². The summed E-state index contributed by atoms with van der Waals surface area (Å²) in [5, 5.41) is 3.05. The van der Waals surface area contributed by atoms with Gasteiger partial charge in [-0.15, -0.1) is 0 Å². The minimum atomic E-state index is -0.178. The number of fused-ring (bicyclic) bond motifs is 1. The molecule has 1 aliphatic heterocycles. The second-order valence-electron chi connectivity index (χ2n) is 7.12. The number of nitrogens with one attached hydrogen (secondary N) is 1. The third kappa shape index (κ3) is 3.26. The van der Waals surface area contributed by atoms with E-state index in [-0.39, 0.29) is 11.5 Å². The fourth-order valence-corrected chi connectivity index (χ4v) is 3.84. The number of carbonyl (C=O) groups excluding carboxylic acids is 1. The van der Waals surface area contributed by atoms with Gasteiger partial charge in [-0.2, -0.15) is 0 Å². The molecule has 0 bridgehead atoms. The Morgan fingerprint density at radius 1 is 1.14 bits per heavy atom. The van der Waals surface area contributed by atoms with E-state index >= 15 is 0 Å². The zero-order valence-electron chi connectivity index (χ0n) is 16.2. The molecular weight excluding hydrogens is 352 g/mol. The lowest BCUT2D eigenvalue weighted by Crippen LogP contribution is -2.23. The van der Waals surface area contributed by atoms with Crippen LogP contribution in [0, 0.1) is 6.92 Å². The standard InChI is InChI=1S/C22H24N4O2/c1-3-26-20-11-10-16(14-18(20)23-15(2)22(26)28)21(27)24-17-8-4-5-9-19(17)25-12-6-7-13-25/h4-5,8-11,14H,3,6-7,12-13H2,1-2H3,(H,24,27). The van der Waals surface area contributed by atoms with Crippen LogP contribution in [-0.4, -0.2) is 28.5 Å². The zero-order chi connectivity index (χ0) is 19.7. The van der Waals surface area contributed by atoms with Gasteiger partial charge >= 0.3 is 0 Å². The van der Waals surface area contributed by atoms with Gasteiger partial charge in [-0.05, 0) is 57.0 Å². The van der Waals surface area contributed by atoms with E-state index < -0.39 is 0 Å². The largest absolute Gasteiger partial charge is 0.370 e. The summed E-state index contributed by atoms with van der Waals surface area (Å²) in [5.74, 6) is -0.178. The fourth-order valence-electron chi connectivity index (χ4n) is 3.84. The number of anilines is 2. The first-order chi connectivity index (χ1) is 13.6. The number of rotatable bonds is 4. The first kappa shape index (κ1) is 18.2. The van der Waals surface area contributed by atoms with Crippen LogP contribution in [0.2, 0.25) is 0 Å². The summed E-state index contributed by atoms with van der Waals surface area (Å²) in [6.45, 7) is 6.22. The average molecular weight is 376 g/mol. The van der Waals surface area contributed by atoms with Gasteiger partial charge in [0.2, 0.25) is 0 Å². The van der Waals surface area contributed by atoms with E-state index in [1.807, 2.05) is 31.2 Å². The minimum Gasteiger partial charge on any atom is -0.370 e. The highest BCUT2D eigenvalue weighted by Crippen LogP contribution is 2.29. The Balaban J connectivity index is 1.67. The van der Waals surface area contributed by atoms with Crippen molar-refractivity contribution in [2.45, 2.75) is 33.2 Å². The lowest BCUT2D eigenvalue weighted by Gasteiger charge is -2.21. The summed E-state index contributed by atoms with van der Waals surface area (Å²) in [6.07, 6.45) is 2.36. The number of aryl methyl sites for hydroxylation is 2. The van der Waals surface area contributed by atoms with Crippen LogP contribution in [0.15, 0.2) is 47.3 Å². The van der Waals surface area contributed by atoms with Crippen molar-refractivity contribution in [1.29, 1.82) is 0 Å². The third-order valence-corrected chi connectivity index (χ3v) is 5.29. The molecule has 1 N–H and O–H groups in total. The van der Waals surface area contributed by atoms with Gasteiger partial charge in [-0.1, -0.05) is 12.1 Å². The number of benzene rings is 2. The van der Waals surface area contributed by atoms with E-state index in [0.717, 1.165) is 30.0 Å².